The monoisotopic (exact) mass is 447 g/mol. The fourth-order valence-corrected chi connectivity index (χ4v) is 3.80. The lowest BCUT2D eigenvalue weighted by molar-refractivity contribution is 0.102. The molecule has 0 radical (unpaired) electrons. The Morgan fingerprint density at radius 3 is 2.76 bits per heavy atom. The second-order valence-electron chi connectivity index (χ2n) is 7.63. The molecular weight excluding hydrogens is 428 g/mol. The maximum atomic E-state index is 14.2. The van der Waals surface area contributed by atoms with Crippen molar-refractivity contribution in [3.63, 3.8) is 0 Å². The van der Waals surface area contributed by atoms with Crippen LogP contribution in [0, 0.1) is 25.5 Å². The van der Waals surface area contributed by atoms with Crippen LogP contribution in [0.1, 0.15) is 27.4 Å². The first-order valence-corrected chi connectivity index (χ1v) is 10.2. The third-order valence-electron chi connectivity index (χ3n) is 5.29. The maximum Gasteiger partial charge on any atom is 0.259 e. The summed E-state index contributed by atoms with van der Waals surface area (Å²) in [6, 6.07) is 8.98. The van der Waals surface area contributed by atoms with Gasteiger partial charge in [-0.3, -0.25) is 9.48 Å². The molecule has 4 heterocycles. The molecule has 0 fully saturated rings. The van der Waals surface area contributed by atoms with Crippen molar-refractivity contribution in [2.45, 2.75) is 20.4 Å². The highest BCUT2D eigenvalue weighted by molar-refractivity contribution is 6.05. The van der Waals surface area contributed by atoms with Gasteiger partial charge in [-0.25, -0.2) is 18.4 Å². The number of imidazole rings is 1. The second-order valence-corrected chi connectivity index (χ2v) is 7.63. The standard InChI is InChI=1S/C23H19F2N7O/c1-14-22(15(2)32(29-14)20-7-6-16(24)9-19(20)25)23(33)28-17-10-26-31(12-17)13-18-11-30-8-4-3-5-21(30)27-18/h3-12H,13H2,1-2H3,(H,28,33). The average Bonchev–Trinajstić information content (AvgIpc) is 3.45. The van der Waals surface area contributed by atoms with Crippen LogP contribution in [0.2, 0.25) is 0 Å². The SMILES string of the molecule is Cc1nn(-c2ccc(F)cc2F)c(C)c1C(=O)Nc1cnn(Cc2cn3ccccc3n2)c1. The van der Waals surface area contributed by atoms with E-state index in [1.54, 1.807) is 30.9 Å². The van der Waals surface area contributed by atoms with Gasteiger partial charge in [0, 0.05) is 24.7 Å². The zero-order chi connectivity index (χ0) is 23.1. The summed E-state index contributed by atoms with van der Waals surface area (Å²) >= 11 is 0. The smallest absolute Gasteiger partial charge is 0.259 e. The van der Waals surface area contributed by atoms with E-state index < -0.39 is 17.5 Å². The summed E-state index contributed by atoms with van der Waals surface area (Å²) in [4.78, 5) is 17.5. The van der Waals surface area contributed by atoms with Gasteiger partial charge in [-0.15, -0.1) is 0 Å². The van der Waals surface area contributed by atoms with E-state index in [-0.39, 0.29) is 5.69 Å². The largest absolute Gasteiger partial charge is 0.319 e. The Labute approximate surface area is 187 Å². The molecule has 1 aromatic carbocycles. The molecule has 5 rings (SSSR count). The molecule has 0 atom stereocenters. The summed E-state index contributed by atoms with van der Waals surface area (Å²) in [5.74, 6) is -1.84. The van der Waals surface area contributed by atoms with E-state index in [0.29, 0.717) is 29.2 Å². The summed E-state index contributed by atoms with van der Waals surface area (Å²) in [6.07, 6.45) is 7.09. The van der Waals surface area contributed by atoms with Crippen LogP contribution in [0.3, 0.4) is 0 Å². The van der Waals surface area contributed by atoms with E-state index in [1.807, 2.05) is 35.0 Å². The highest BCUT2D eigenvalue weighted by Crippen LogP contribution is 2.22. The van der Waals surface area contributed by atoms with Gasteiger partial charge in [0.05, 0.1) is 41.1 Å². The fourth-order valence-electron chi connectivity index (χ4n) is 3.80. The predicted molar refractivity (Wildman–Crippen MR) is 117 cm³/mol. The van der Waals surface area contributed by atoms with Crippen LogP contribution in [0.4, 0.5) is 14.5 Å². The van der Waals surface area contributed by atoms with E-state index in [9.17, 15) is 13.6 Å². The highest BCUT2D eigenvalue weighted by atomic mass is 19.1. The van der Waals surface area contributed by atoms with Crippen LogP contribution >= 0.6 is 0 Å². The molecule has 5 aromatic rings. The molecule has 0 aliphatic carbocycles. The minimum Gasteiger partial charge on any atom is -0.319 e. The molecule has 0 aliphatic heterocycles. The summed E-state index contributed by atoms with van der Waals surface area (Å²) in [7, 11) is 0. The predicted octanol–water partition coefficient (Wildman–Crippen LogP) is 3.91. The molecule has 0 aliphatic rings. The van der Waals surface area contributed by atoms with Gasteiger partial charge in [-0.1, -0.05) is 6.07 Å². The van der Waals surface area contributed by atoms with Crippen LogP contribution in [0.5, 0.6) is 0 Å². The minimum atomic E-state index is -0.763. The molecule has 4 aromatic heterocycles. The summed E-state index contributed by atoms with van der Waals surface area (Å²) in [5, 5.41) is 11.4. The topological polar surface area (TPSA) is 82.0 Å². The Bertz CT molecular complexity index is 1470. The van der Waals surface area contributed by atoms with Gasteiger partial charge in [-0.2, -0.15) is 10.2 Å². The molecule has 1 N–H and O–H groups in total. The number of carbonyl (C=O) groups is 1. The fraction of sp³-hybridized carbons (Fsp3) is 0.130. The summed E-state index contributed by atoms with van der Waals surface area (Å²) < 4.78 is 32.4. The molecular formula is C23H19F2N7O. The van der Waals surface area contributed by atoms with Crippen molar-refractivity contribution in [3.8, 4) is 5.69 Å². The Kier molecular flexibility index (Phi) is 4.97. The van der Waals surface area contributed by atoms with Crippen LogP contribution in [0.25, 0.3) is 11.3 Å². The Morgan fingerprint density at radius 1 is 1.12 bits per heavy atom. The van der Waals surface area contributed by atoms with Gasteiger partial charge in [-0.05, 0) is 38.1 Å². The van der Waals surface area contributed by atoms with Crippen molar-refractivity contribution in [2.24, 2.45) is 0 Å². The van der Waals surface area contributed by atoms with E-state index >= 15 is 0 Å². The number of pyridine rings is 1. The number of halogens is 2. The first-order chi connectivity index (χ1) is 15.9. The number of benzene rings is 1. The molecule has 8 nitrogen and oxygen atoms in total. The molecule has 0 unspecified atom stereocenters. The summed E-state index contributed by atoms with van der Waals surface area (Å²) in [5.41, 5.74) is 3.41. The Balaban J connectivity index is 1.35. The average molecular weight is 447 g/mol. The molecule has 0 saturated heterocycles. The molecule has 0 bridgehead atoms. The van der Waals surface area contributed by atoms with Gasteiger partial charge in [0.25, 0.3) is 5.91 Å². The third kappa shape index (κ3) is 3.86. The molecule has 1 amide bonds. The van der Waals surface area contributed by atoms with Crippen LogP contribution in [-0.4, -0.2) is 34.9 Å². The van der Waals surface area contributed by atoms with E-state index in [0.717, 1.165) is 23.5 Å². The molecule has 0 saturated carbocycles. The number of hydrogen-bond acceptors (Lipinski definition) is 4. The minimum absolute atomic E-state index is 0.0660. The van der Waals surface area contributed by atoms with Crippen molar-refractivity contribution in [1.29, 1.82) is 0 Å². The quantitative estimate of drug-likeness (QED) is 0.443. The van der Waals surface area contributed by atoms with Crippen molar-refractivity contribution in [2.75, 3.05) is 5.32 Å². The van der Waals surface area contributed by atoms with Crippen LogP contribution in [-0.2, 0) is 6.54 Å². The number of hydrogen-bond donors (Lipinski definition) is 1. The number of carbonyl (C=O) groups excluding carboxylic acids is 1. The number of nitrogens with zero attached hydrogens (tertiary/aromatic N) is 6. The third-order valence-corrected chi connectivity index (χ3v) is 5.29. The molecule has 33 heavy (non-hydrogen) atoms. The first kappa shape index (κ1) is 20.6. The van der Waals surface area contributed by atoms with Crippen molar-refractivity contribution in [1.82, 2.24) is 28.9 Å². The Hall–Kier alpha value is -4.34. The second kappa shape index (κ2) is 7.97. The number of nitrogens with one attached hydrogen (secondary N) is 1. The number of fused-ring (bicyclic) bond motifs is 1. The normalized spacial score (nSPS) is 11.3. The van der Waals surface area contributed by atoms with Gasteiger partial charge >= 0.3 is 0 Å². The van der Waals surface area contributed by atoms with Crippen LogP contribution < -0.4 is 5.32 Å². The lowest BCUT2D eigenvalue weighted by atomic mass is 10.2. The Morgan fingerprint density at radius 2 is 1.97 bits per heavy atom. The van der Waals surface area contributed by atoms with E-state index in [1.165, 1.54) is 10.7 Å². The molecule has 166 valence electrons. The highest BCUT2D eigenvalue weighted by Gasteiger charge is 2.21. The first-order valence-electron chi connectivity index (χ1n) is 10.2. The number of aromatic nitrogens is 6. The number of anilines is 1. The van der Waals surface area contributed by atoms with Gasteiger partial charge in [0.2, 0.25) is 0 Å². The lowest BCUT2D eigenvalue weighted by Gasteiger charge is -2.07. The van der Waals surface area contributed by atoms with E-state index in [4.69, 9.17) is 0 Å². The number of rotatable bonds is 5. The lowest BCUT2D eigenvalue weighted by Crippen LogP contribution is -2.14. The zero-order valence-corrected chi connectivity index (χ0v) is 17.8. The van der Waals surface area contributed by atoms with Crippen molar-refractivity contribution < 1.29 is 13.6 Å². The summed E-state index contributed by atoms with van der Waals surface area (Å²) in [6.45, 7) is 3.76. The molecule has 10 heteroatoms. The van der Waals surface area contributed by atoms with Gasteiger partial charge in [0.1, 0.15) is 17.2 Å². The van der Waals surface area contributed by atoms with E-state index in [2.05, 4.69) is 20.5 Å². The molecule has 0 spiro atoms. The zero-order valence-electron chi connectivity index (χ0n) is 17.8. The van der Waals surface area contributed by atoms with Crippen molar-refractivity contribution >= 4 is 17.2 Å². The number of amides is 1. The van der Waals surface area contributed by atoms with Crippen LogP contribution in [0.15, 0.2) is 61.2 Å². The van der Waals surface area contributed by atoms with Crippen molar-refractivity contribution in [3.05, 3.63) is 95.5 Å². The maximum absolute atomic E-state index is 14.2. The number of aryl methyl sites for hydroxylation is 1. The van der Waals surface area contributed by atoms with Gasteiger partial charge < -0.3 is 9.72 Å². The van der Waals surface area contributed by atoms with Gasteiger partial charge in [0.15, 0.2) is 5.82 Å².